The molecule has 0 unspecified atom stereocenters. The Morgan fingerprint density at radius 1 is 0.283 bits per heavy atom. The fourth-order valence-electron chi connectivity index (χ4n) is 9.58. The molecule has 1 spiro atoms. The second-order valence-electron chi connectivity index (χ2n) is 15.5. The van der Waals surface area contributed by atoms with Crippen molar-refractivity contribution in [2.24, 2.45) is 0 Å². The van der Waals surface area contributed by atoms with Crippen molar-refractivity contribution in [3.8, 4) is 67.5 Å². The number of nitrogens with zero attached hydrogens (tertiary/aromatic N) is 3. The maximum absolute atomic E-state index is 5.26. The van der Waals surface area contributed by atoms with E-state index in [2.05, 4.69) is 194 Å². The van der Waals surface area contributed by atoms with E-state index in [0.717, 1.165) is 38.6 Å². The van der Waals surface area contributed by atoms with Crippen LogP contribution in [-0.2, 0) is 5.41 Å². The Labute approximate surface area is 353 Å². The average Bonchev–Trinajstić information content (AvgIpc) is 3.62. The highest BCUT2D eigenvalue weighted by molar-refractivity contribution is 7.99. The molecular weight excluding hydrogens is 747 g/mol. The van der Waals surface area contributed by atoms with Crippen LogP contribution in [0.4, 0.5) is 0 Å². The van der Waals surface area contributed by atoms with Crippen molar-refractivity contribution < 1.29 is 0 Å². The molecule has 0 radical (unpaired) electrons. The lowest BCUT2D eigenvalue weighted by molar-refractivity contribution is 0.723. The van der Waals surface area contributed by atoms with Crippen molar-refractivity contribution in [1.82, 2.24) is 15.0 Å². The maximum atomic E-state index is 5.26. The topological polar surface area (TPSA) is 38.7 Å². The first-order valence-electron chi connectivity index (χ1n) is 20.4. The molecule has 280 valence electrons. The van der Waals surface area contributed by atoms with E-state index in [-0.39, 0.29) is 0 Å². The van der Waals surface area contributed by atoms with Crippen molar-refractivity contribution in [3.63, 3.8) is 0 Å². The fraction of sp³-hybridized carbons (Fsp3) is 0.0179. The van der Waals surface area contributed by atoms with Gasteiger partial charge in [-0.15, -0.1) is 0 Å². The average molecular weight is 782 g/mol. The Hall–Kier alpha value is -7.40. The predicted octanol–water partition coefficient (Wildman–Crippen LogP) is 14.2. The van der Waals surface area contributed by atoms with Gasteiger partial charge in [-0.05, 0) is 96.7 Å². The maximum Gasteiger partial charge on any atom is 0.164 e. The molecule has 1 aliphatic carbocycles. The summed E-state index contributed by atoms with van der Waals surface area (Å²) in [5.41, 5.74) is 14.9. The summed E-state index contributed by atoms with van der Waals surface area (Å²) in [7, 11) is 0. The van der Waals surface area contributed by atoms with Gasteiger partial charge < -0.3 is 0 Å². The minimum atomic E-state index is -0.440. The molecule has 9 aromatic carbocycles. The van der Waals surface area contributed by atoms with E-state index in [4.69, 9.17) is 15.0 Å². The summed E-state index contributed by atoms with van der Waals surface area (Å²) in [6.07, 6.45) is 0. The van der Waals surface area contributed by atoms with E-state index in [1.807, 2.05) is 30.0 Å². The molecule has 0 N–H and O–H groups in total. The van der Waals surface area contributed by atoms with E-state index >= 15 is 0 Å². The largest absolute Gasteiger partial charge is 0.208 e. The summed E-state index contributed by atoms with van der Waals surface area (Å²) in [4.78, 5) is 18.2. The zero-order valence-corrected chi connectivity index (χ0v) is 33.3. The van der Waals surface area contributed by atoms with Crippen LogP contribution in [0, 0.1) is 0 Å². The third-order valence-electron chi connectivity index (χ3n) is 12.2. The Bertz CT molecular complexity index is 3260. The van der Waals surface area contributed by atoms with Crippen molar-refractivity contribution in [3.05, 3.63) is 235 Å². The van der Waals surface area contributed by atoms with Crippen LogP contribution in [0.5, 0.6) is 0 Å². The third kappa shape index (κ3) is 5.35. The first kappa shape index (κ1) is 34.6. The Morgan fingerprint density at radius 3 is 1.52 bits per heavy atom. The molecule has 0 amide bonds. The molecule has 0 saturated heterocycles. The smallest absolute Gasteiger partial charge is 0.164 e. The van der Waals surface area contributed by atoms with Crippen LogP contribution in [0.1, 0.15) is 22.3 Å². The minimum absolute atomic E-state index is 0.440. The van der Waals surface area contributed by atoms with Gasteiger partial charge in [0, 0.05) is 26.5 Å². The van der Waals surface area contributed by atoms with Gasteiger partial charge in [0.1, 0.15) is 0 Å². The van der Waals surface area contributed by atoms with Crippen LogP contribution in [0.15, 0.2) is 222 Å². The first-order chi connectivity index (χ1) is 29.7. The van der Waals surface area contributed by atoms with Gasteiger partial charge in [-0.2, -0.15) is 0 Å². The molecule has 0 bridgehead atoms. The van der Waals surface area contributed by atoms with Crippen LogP contribution in [-0.4, -0.2) is 15.0 Å². The van der Waals surface area contributed by atoms with Gasteiger partial charge >= 0.3 is 0 Å². The molecule has 0 saturated carbocycles. The molecule has 3 nitrogen and oxygen atoms in total. The van der Waals surface area contributed by atoms with Crippen LogP contribution in [0.3, 0.4) is 0 Å². The number of fused-ring (bicyclic) bond motifs is 10. The summed E-state index contributed by atoms with van der Waals surface area (Å²) < 4.78 is 0. The van der Waals surface area contributed by atoms with E-state index in [1.54, 1.807) is 0 Å². The first-order valence-corrected chi connectivity index (χ1v) is 21.2. The highest BCUT2D eigenvalue weighted by atomic mass is 32.2. The van der Waals surface area contributed by atoms with Crippen LogP contribution in [0.25, 0.3) is 78.3 Å². The van der Waals surface area contributed by atoms with Gasteiger partial charge in [-0.1, -0.05) is 194 Å². The molecule has 12 rings (SSSR count). The van der Waals surface area contributed by atoms with Crippen LogP contribution >= 0.6 is 11.8 Å². The molecule has 2 aliphatic rings. The monoisotopic (exact) mass is 781 g/mol. The highest BCUT2D eigenvalue weighted by Gasteiger charge is 2.50. The number of aromatic nitrogens is 3. The van der Waals surface area contributed by atoms with E-state index in [1.165, 1.54) is 54.3 Å². The van der Waals surface area contributed by atoms with Gasteiger partial charge in [0.05, 0.1) is 5.41 Å². The predicted molar refractivity (Wildman–Crippen MR) is 246 cm³/mol. The molecule has 0 fully saturated rings. The number of hydrogen-bond acceptors (Lipinski definition) is 4. The summed E-state index contributed by atoms with van der Waals surface area (Å²) in [5.74, 6) is 1.92. The normalized spacial score (nSPS) is 13.1. The lowest BCUT2D eigenvalue weighted by atomic mass is 9.67. The van der Waals surface area contributed by atoms with E-state index in [9.17, 15) is 0 Å². The standard InChI is InChI=1S/C56H35N3S/c1-3-16-36(17-4-1)41-31-32-46(43-23-8-7-22-42(41)43)55-58-53(37-18-5-2-6-19-37)57-54(59-55)40-21-15-20-38(34-40)39-30-33-52-50(35-39)56(49-28-13-14-29-51(49)60-52)47-26-11-9-24-44(47)45-25-10-12-27-48(45)56/h1-35H. The molecule has 1 aromatic heterocycles. The number of hydrogen-bond donors (Lipinski definition) is 0. The van der Waals surface area contributed by atoms with E-state index in [0.29, 0.717) is 17.5 Å². The second kappa shape index (κ2) is 13.9. The van der Waals surface area contributed by atoms with Crippen LogP contribution < -0.4 is 0 Å². The quantitative estimate of drug-likeness (QED) is 0.174. The van der Waals surface area contributed by atoms with E-state index < -0.39 is 5.41 Å². The van der Waals surface area contributed by atoms with Gasteiger partial charge in [0.25, 0.3) is 0 Å². The van der Waals surface area contributed by atoms with Gasteiger partial charge in [-0.3, -0.25) is 0 Å². The molecule has 2 heterocycles. The summed E-state index contributed by atoms with van der Waals surface area (Å²) >= 11 is 1.87. The minimum Gasteiger partial charge on any atom is -0.208 e. The Kier molecular flexibility index (Phi) is 8.00. The number of benzene rings is 9. The van der Waals surface area contributed by atoms with Crippen molar-refractivity contribution in [2.45, 2.75) is 15.2 Å². The molecule has 60 heavy (non-hydrogen) atoms. The molecule has 4 heteroatoms. The second-order valence-corrected chi connectivity index (χ2v) is 16.6. The molecule has 0 atom stereocenters. The zero-order valence-electron chi connectivity index (χ0n) is 32.5. The molecular formula is C56H35N3S. The van der Waals surface area contributed by atoms with Crippen molar-refractivity contribution in [1.29, 1.82) is 0 Å². The lowest BCUT2D eigenvalue weighted by Crippen LogP contribution is -2.32. The van der Waals surface area contributed by atoms with Crippen molar-refractivity contribution >= 4 is 22.5 Å². The van der Waals surface area contributed by atoms with Gasteiger partial charge in [0.2, 0.25) is 0 Å². The van der Waals surface area contributed by atoms with Gasteiger partial charge in [-0.25, -0.2) is 15.0 Å². The number of rotatable bonds is 5. The Balaban J connectivity index is 1.02. The summed E-state index contributed by atoms with van der Waals surface area (Å²) in [6.45, 7) is 0. The summed E-state index contributed by atoms with van der Waals surface area (Å²) in [6, 6.07) is 76.3. The molecule has 1 aliphatic heterocycles. The SMILES string of the molecule is c1ccc(-c2nc(-c3cccc(-c4ccc5c(c4)C4(c6ccccc6S5)c5ccccc5-c5ccccc54)c3)nc(-c3ccc(-c4ccccc4)c4ccccc34)n2)cc1. The fourth-order valence-corrected chi connectivity index (χ4v) is 10.8. The third-order valence-corrected chi connectivity index (χ3v) is 13.4. The van der Waals surface area contributed by atoms with Gasteiger partial charge in [0.15, 0.2) is 17.5 Å². The van der Waals surface area contributed by atoms with Crippen LogP contribution in [0.2, 0.25) is 0 Å². The zero-order chi connectivity index (χ0) is 39.6. The highest BCUT2D eigenvalue weighted by Crippen LogP contribution is 2.62. The molecule has 10 aromatic rings. The van der Waals surface area contributed by atoms with Crippen molar-refractivity contribution in [2.75, 3.05) is 0 Å². The lowest BCUT2D eigenvalue weighted by Gasteiger charge is -2.40. The summed E-state index contributed by atoms with van der Waals surface area (Å²) in [5, 5.41) is 2.26. The Morgan fingerprint density at radius 2 is 0.783 bits per heavy atom.